The zero-order valence-electron chi connectivity index (χ0n) is 68.4. The number of rotatable bonds is 19. The Morgan fingerprint density at radius 3 is 1.24 bits per heavy atom. The van der Waals surface area contributed by atoms with Crippen LogP contribution in [0.5, 0.6) is 17.6 Å². The van der Waals surface area contributed by atoms with E-state index < -0.39 is 65.3 Å². The number of hydrogen-bond donors (Lipinski definition) is 2. The topological polar surface area (TPSA) is 309 Å². The summed E-state index contributed by atoms with van der Waals surface area (Å²) in [5, 5.41) is 5.44. The van der Waals surface area contributed by atoms with Gasteiger partial charge in [0.15, 0.2) is 35.3 Å². The Balaban J connectivity index is 0.000000159. The van der Waals surface area contributed by atoms with Gasteiger partial charge in [0.05, 0.1) is 96.6 Å². The van der Waals surface area contributed by atoms with Gasteiger partial charge >= 0.3 is 7.12 Å². The van der Waals surface area contributed by atoms with Gasteiger partial charge in [-0.3, -0.25) is 0 Å². The van der Waals surface area contributed by atoms with Gasteiger partial charge in [-0.05, 0) is 245 Å². The van der Waals surface area contributed by atoms with E-state index in [-0.39, 0.29) is 109 Å². The number of halogens is 9. The first-order valence-electron chi connectivity index (χ1n) is 38.4. The molecule has 15 rings (SSSR count). The lowest BCUT2D eigenvalue weighted by Crippen LogP contribution is -2.41. The summed E-state index contributed by atoms with van der Waals surface area (Å²) < 4.78 is 149. The molecule has 0 radical (unpaired) electrons. The second-order valence-electron chi connectivity index (χ2n) is 30.5. The van der Waals surface area contributed by atoms with Crippen molar-refractivity contribution in [1.82, 2.24) is 54.7 Å². The third kappa shape index (κ3) is 23.5. The van der Waals surface area contributed by atoms with Crippen LogP contribution >= 0.6 is 73.9 Å². The van der Waals surface area contributed by atoms with Crippen molar-refractivity contribution in [2.45, 2.75) is 146 Å². The van der Waals surface area contributed by atoms with Gasteiger partial charge in [-0.15, -0.1) is 0 Å². The third-order valence-corrected chi connectivity index (χ3v) is 28.3. The molecule has 0 bridgehead atoms. The lowest BCUT2D eigenvalue weighted by molar-refractivity contribution is 0.00578. The van der Waals surface area contributed by atoms with E-state index in [4.69, 9.17) is 87.3 Å². The van der Waals surface area contributed by atoms with Crippen molar-refractivity contribution in [2.75, 3.05) is 54.8 Å². The maximum atomic E-state index is 15.3. The lowest BCUT2D eigenvalue weighted by atomic mass is 9.79. The van der Waals surface area contributed by atoms with Crippen LogP contribution in [0.2, 0.25) is 25.6 Å². The lowest BCUT2D eigenvalue weighted by Gasteiger charge is -2.32. The van der Waals surface area contributed by atoms with Crippen molar-refractivity contribution >= 4 is 155 Å². The minimum atomic E-state index is -3.74. The van der Waals surface area contributed by atoms with Gasteiger partial charge in [-0.2, -0.15) is 0 Å². The largest absolute Gasteiger partial charge is 0.500 e. The molecule has 6 aromatic carbocycles. The molecule has 3 fully saturated rings. The van der Waals surface area contributed by atoms with E-state index in [2.05, 4.69) is 104 Å². The monoisotopic (exact) mass is 1890 g/mol. The summed E-state index contributed by atoms with van der Waals surface area (Å²) in [6.45, 7) is 7.82. The van der Waals surface area contributed by atoms with Crippen molar-refractivity contribution in [3.63, 3.8) is 0 Å². The first kappa shape index (κ1) is 94.1. The van der Waals surface area contributed by atoms with Crippen LogP contribution in [0.15, 0.2) is 183 Å². The first-order valence-corrected chi connectivity index (χ1v) is 46.0. The van der Waals surface area contributed by atoms with E-state index in [0.29, 0.717) is 72.1 Å². The van der Waals surface area contributed by atoms with E-state index in [9.17, 15) is 34.0 Å². The second-order valence-corrected chi connectivity index (χ2v) is 39.2. The molecule has 12 aromatic rings. The molecule has 0 spiro atoms. The molecular weight excluding hydrogens is 1800 g/mol. The molecule has 1 saturated heterocycles. The van der Waals surface area contributed by atoms with Crippen molar-refractivity contribution in [1.29, 1.82) is 0 Å². The van der Waals surface area contributed by atoms with Crippen LogP contribution < -0.4 is 30.7 Å². The Morgan fingerprint density at radius 1 is 0.475 bits per heavy atom. The maximum Gasteiger partial charge on any atom is 0.500 e. The maximum absolute atomic E-state index is 15.3. The molecule has 24 nitrogen and oxygen atoms in total. The van der Waals surface area contributed by atoms with Gasteiger partial charge in [0, 0.05) is 80.0 Å². The molecule has 644 valence electrons. The summed E-state index contributed by atoms with van der Waals surface area (Å²) in [6, 6.07) is 39.9. The summed E-state index contributed by atoms with van der Waals surface area (Å²) in [7, 11) is 1.07. The molecule has 122 heavy (non-hydrogen) atoms. The summed E-state index contributed by atoms with van der Waals surface area (Å²) >= 11 is 32.6. The molecule has 3 aliphatic rings. The summed E-state index contributed by atoms with van der Waals surface area (Å²) in [5.41, 5.74) is 8.80. The van der Waals surface area contributed by atoms with E-state index in [1.807, 2.05) is 27.7 Å². The number of fused-ring (bicyclic) bond motifs is 3. The molecule has 0 atom stereocenters. The fraction of sp³-hybridized carbons (Fsp3) is 0.329. The number of pyridine rings is 3. The van der Waals surface area contributed by atoms with Crippen LogP contribution in [-0.2, 0) is 56.1 Å². The van der Waals surface area contributed by atoms with E-state index in [1.165, 1.54) is 108 Å². The Kier molecular flexibility index (Phi) is 31.3. The van der Waals surface area contributed by atoms with Crippen LogP contribution in [-0.4, -0.2) is 172 Å². The van der Waals surface area contributed by atoms with E-state index in [1.54, 1.807) is 103 Å². The number of nitrogens with one attached hydrogen (secondary N) is 1. The number of nitrogens with zero attached hydrogens (tertiary/aromatic N) is 11. The normalized spacial score (nSPS) is 17.0. The van der Waals surface area contributed by atoms with Crippen LogP contribution in [0.3, 0.4) is 0 Å². The fourth-order valence-electron chi connectivity index (χ4n) is 13.8. The van der Waals surface area contributed by atoms with Crippen LogP contribution in [0.25, 0.3) is 55.0 Å². The van der Waals surface area contributed by atoms with E-state index in [0.717, 1.165) is 31.7 Å². The molecule has 3 N–H and O–H groups in total. The average Bonchev–Trinajstić information content (AvgIpc) is 1.72. The van der Waals surface area contributed by atoms with Crippen molar-refractivity contribution in [2.24, 2.45) is 5.73 Å². The highest BCUT2D eigenvalue weighted by Gasteiger charge is 2.53. The van der Waals surface area contributed by atoms with Crippen LogP contribution in [0.1, 0.15) is 96.1 Å². The Bertz CT molecular complexity index is 6140. The molecule has 7 heterocycles. The van der Waals surface area contributed by atoms with E-state index >= 15 is 4.39 Å². The Hall–Kier alpha value is -8.58. The average molecular weight is 1890 g/mol. The second kappa shape index (κ2) is 40.6. The molecule has 0 amide bonds. The summed E-state index contributed by atoms with van der Waals surface area (Å²) in [5.74, 6) is -1.50. The standard InChI is InChI=1S/C29H31ClFN5O3S.C21H14Cl2FN3O3S.C19H23BClNO5S.C8H3BrClFN2.C8H18N2/c1-36(2)22-11-8-20(9-12-22)34-29-32-16-19-14-18(15-25(31)27(19)35-29)23-13-10-21(33-28(23)39-3)17-40(37,38)26-7-5-4-6-24(26)30;1-30-20-15(12-8-13-10-25-21(23)27-19(13)17(24)9-12)7-6-14(26-20)11-31(28,29)18-5-3-2-4-16(18)22;1-18(2)19(3,4)27-20(26-18)14-11-10-13(22-17(14)25-5)12-28(23,24)16-9-7-6-8-15(16)21;9-5-1-4-3-12-8(10)13-7(4)6(11)2-5;1-10(2)8-5-3-7(9)4-6-8/h4-7,10,13-16,20,22H,8-9,11-12,17H2,1-3H3,(H,32,34,35);2-10H,11H2,1H3;6-11H,12H2,1-5H3;1-3H;7-8H,3-6,9H2,1-2H3. The minimum Gasteiger partial charge on any atom is -0.481 e. The van der Waals surface area contributed by atoms with Gasteiger partial charge < -0.3 is 44.4 Å². The number of nitrogens with two attached hydrogens (primary N) is 1. The highest BCUT2D eigenvalue weighted by Crippen LogP contribution is 2.40. The number of benzene rings is 6. The highest BCUT2D eigenvalue weighted by atomic mass is 79.9. The Labute approximate surface area is 741 Å². The predicted molar refractivity (Wildman–Crippen MR) is 477 cm³/mol. The predicted octanol–water partition coefficient (Wildman–Crippen LogP) is 17.9. The molecule has 6 aromatic heterocycles. The number of hydrogen-bond acceptors (Lipinski definition) is 24. The third-order valence-electron chi connectivity index (χ3n) is 21.1. The fourth-order valence-corrected chi connectivity index (χ4v) is 20.1. The number of aromatic nitrogens is 9. The number of sulfone groups is 3. The summed E-state index contributed by atoms with van der Waals surface area (Å²) in [6.07, 6.45) is 13.7. The van der Waals surface area contributed by atoms with Crippen LogP contribution in [0.4, 0.5) is 19.1 Å². The molecule has 1 aliphatic heterocycles. The van der Waals surface area contributed by atoms with Crippen molar-refractivity contribution in [3.8, 4) is 39.9 Å². The quantitative estimate of drug-likeness (QED) is 0.0561. The van der Waals surface area contributed by atoms with Gasteiger partial charge in [-0.25, -0.2) is 83.3 Å². The van der Waals surface area contributed by atoms with Crippen LogP contribution in [0, 0.1) is 17.5 Å². The molecule has 37 heteroatoms. The minimum absolute atomic E-state index is 0.0248. The SMILES string of the molecule is CN(C)C1CCC(N)CC1.COc1nc(CS(=O)(=O)c2ccccc2Cl)ccc1-c1cc(F)c2nc(Cl)ncc2c1.COc1nc(CS(=O)(=O)c2ccccc2Cl)ccc1-c1cc(F)c2nc(NC3CCC(N(C)C)CC3)ncc2c1.COc1nc(CS(=O)(=O)c2ccccc2Cl)ccc1B1OC(C)(C)C(C)(C)O1.Fc1cc(Br)cc2cnc(Cl)nc12. The molecule has 0 unspecified atom stereocenters. The number of methoxy groups -OCH3 is 3. The van der Waals surface area contributed by atoms with Gasteiger partial charge in [0.1, 0.15) is 28.2 Å². The number of anilines is 1. The van der Waals surface area contributed by atoms with Crippen molar-refractivity contribution < 1.29 is 61.9 Å². The molecule has 2 saturated carbocycles. The first-order chi connectivity index (χ1) is 57.7. The molecular formula is C85H89BBrCl5F3N13O11S3. The zero-order valence-corrected chi connectivity index (χ0v) is 76.2. The Morgan fingerprint density at radius 2 is 0.836 bits per heavy atom. The van der Waals surface area contributed by atoms with Gasteiger partial charge in [0.25, 0.3) is 0 Å². The molecule has 2 aliphatic carbocycles. The smallest absolute Gasteiger partial charge is 0.481 e. The highest BCUT2D eigenvalue weighted by molar-refractivity contribution is 9.10. The van der Waals surface area contributed by atoms with Gasteiger partial charge in [-0.1, -0.05) is 93.2 Å². The number of ether oxygens (including phenoxy) is 3. The zero-order chi connectivity index (χ0) is 88.3. The van der Waals surface area contributed by atoms with Gasteiger partial charge in [0.2, 0.25) is 34.2 Å². The summed E-state index contributed by atoms with van der Waals surface area (Å²) in [4.78, 5) is 42.0. The van der Waals surface area contributed by atoms with Crippen molar-refractivity contribution in [3.05, 3.63) is 229 Å².